The number of rotatable bonds is 30. The molecule has 3 aromatic heterocycles. The van der Waals surface area contributed by atoms with Crippen LogP contribution in [0.1, 0.15) is 157 Å². The summed E-state index contributed by atoms with van der Waals surface area (Å²) in [5.41, 5.74) is 5.11. The first-order chi connectivity index (χ1) is 37.5. The minimum absolute atomic E-state index is 0.405. The number of H-pyrrole nitrogens is 2. The van der Waals surface area contributed by atoms with Gasteiger partial charge in [-0.15, -0.1) is 0 Å². The number of nitrogens with zero attached hydrogens (tertiary/aromatic N) is 6. The number of hydrogen-bond acceptors (Lipinski definition) is 12. The zero-order chi connectivity index (χ0) is 52.6. The molecule has 0 atom stereocenters. The molecule has 0 saturated heterocycles. The van der Waals surface area contributed by atoms with Gasteiger partial charge in [-0.05, 0) is 74.9 Å². The first kappa shape index (κ1) is 53.9. The lowest BCUT2D eigenvalue weighted by atomic mass is 10.1. The van der Waals surface area contributed by atoms with Crippen LogP contribution in [-0.2, 0) is 0 Å². The molecule has 0 unspecified atom stereocenters. The van der Waals surface area contributed by atoms with E-state index in [4.69, 9.17) is 58.3 Å². The third kappa shape index (κ3) is 12.2. The minimum atomic E-state index is 0.405. The Bertz CT molecular complexity index is 3030. The maximum Gasteiger partial charge on any atom is 0.168 e. The van der Waals surface area contributed by atoms with E-state index in [0.29, 0.717) is 131 Å². The summed E-state index contributed by atoms with van der Waals surface area (Å²) in [5, 5.41) is 2.95. The molecule has 9 rings (SSSR count). The second-order valence-corrected chi connectivity index (χ2v) is 19.9. The summed E-state index contributed by atoms with van der Waals surface area (Å²) in [6.45, 7) is 16.4. The van der Waals surface area contributed by atoms with Crippen molar-refractivity contribution in [3.05, 3.63) is 60.7 Å². The Labute approximate surface area is 448 Å². The highest BCUT2D eigenvalue weighted by molar-refractivity contribution is 6.13. The highest BCUT2D eigenvalue weighted by Crippen LogP contribution is 2.48. The Hall–Kier alpha value is -6.96. The Morgan fingerprint density at radius 3 is 0.829 bits per heavy atom. The smallest absolute Gasteiger partial charge is 0.168 e. The minimum Gasteiger partial charge on any atom is -0.493 e. The Kier molecular flexibility index (Phi) is 18.9. The third-order valence-electron chi connectivity index (χ3n) is 14.0. The van der Waals surface area contributed by atoms with Crippen molar-refractivity contribution in [3.8, 4) is 80.0 Å². The van der Waals surface area contributed by atoms with Crippen LogP contribution in [0.15, 0.2) is 60.7 Å². The summed E-state index contributed by atoms with van der Waals surface area (Å²) in [4.78, 5) is 40.0. The predicted octanol–water partition coefficient (Wildman–Crippen LogP) is 16.3. The molecular weight excluding hydrogens is 953 g/mol. The van der Waals surface area contributed by atoms with Crippen molar-refractivity contribution in [1.82, 2.24) is 39.9 Å². The Morgan fingerprint density at radius 1 is 0.289 bits per heavy atom. The lowest BCUT2D eigenvalue weighted by Crippen LogP contribution is -2.02. The molecule has 14 nitrogen and oxygen atoms in total. The van der Waals surface area contributed by atoms with Gasteiger partial charge in [0.1, 0.15) is 57.1 Å². The first-order valence-corrected chi connectivity index (χ1v) is 28.7. The molecule has 2 aliphatic rings. The fourth-order valence-corrected chi connectivity index (χ4v) is 9.88. The van der Waals surface area contributed by atoms with Gasteiger partial charge in [0, 0.05) is 11.1 Å². The SMILES string of the molecule is CCCCCOc1ccc(OCCCCC)c2c1-c1nc-2nc2[nH]c(nc3nc(nc4[nH]c(n1)c1c(OCCCCC)ccc(OCCCCC)c41)-c1ccccc1-3)c1c(OCCCCC)ccc(OCCCCC)c21. The molecular formula is C62H78N8O6. The van der Waals surface area contributed by atoms with E-state index in [1.54, 1.807) is 0 Å². The monoisotopic (exact) mass is 1030 g/mol. The molecule has 14 heteroatoms. The maximum absolute atomic E-state index is 6.75. The first-order valence-electron chi connectivity index (χ1n) is 28.7. The van der Waals surface area contributed by atoms with Crippen LogP contribution in [0, 0.1) is 0 Å². The van der Waals surface area contributed by atoms with Crippen LogP contribution in [-0.4, -0.2) is 79.5 Å². The van der Waals surface area contributed by atoms with Crippen LogP contribution >= 0.6 is 0 Å². The van der Waals surface area contributed by atoms with Crippen molar-refractivity contribution in [3.63, 3.8) is 0 Å². The van der Waals surface area contributed by atoms with E-state index >= 15 is 0 Å². The number of ether oxygens (including phenoxy) is 6. The number of benzene rings is 4. The van der Waals surface area contributed by atoms with E-state index in [2.05, 4.69) is 51.5 Å². The van der Waals surface area contributed by atoms with Crippen molar-refractivity contribution in [1.29, 1.82) is 0 Å². The molecule has 0 aliphatic carbocycles. The Morgan fingerprint density at radius 2 is 0.539 bits per heavy atom. The maximum atomic E-state index is 6.75. The van der Waals surface area contributed by atoms with Gasteiger partial charge in [-0.25, -0.2) is 29.9 Å². The van der Waals surface area contributed by atoms with Crippen LogP contribution in [0.4, 0.5) is 0 Å². The Balaban J connectivity index is 1.43. The van der Waals surface area contributed by atoms with Gasteiger partial charge in [0.25, 0.3) is 0 Å². The number of hydrogen-bond donors (Lipinski definition) is 2. The van der Waals surface area contributed by atoms with Crippen molar-refractivity contribution in [2.75, 3.05) is 39.6 Å². The molecule has 0 amide bonds. The number of aromatic amines is 2. The van der Waals surface area contributed by atoms with Crippen LogP contribution in [0.5, 0.6) is 34.5 Å². The molecule has 0 fully saturated rings. The van der Waals surface area contributed by atoms with E-state index in [9.17, 15) is 0 Å². The van der Waals surface area contributed by atoms with Crippen molar-refractivity contribution < 1.29 is 28.4 Å². The van der Waals surface area contributed by atoms with Crippen LogP contribution in [0.3, 0.4) is 0 Å². The molecule has 0 saturated carbocycles. The third-order valence-corrected chi connectivity index (χ3v) is 14.0. The van der Waals surface area contributed by atoms with E-state index in [1.165, 1.54) is 0 Å². The number of fused-ring (bicyclic) bond motifs is 20. The summed E-state index contributed by atoms with van der Waals surface area (Å²) in [6.07, 6.45) is 18.1. The normalized spacial score (nSPS) is 11.8. The van der Waals surface area contributed by atoms with Gasteiger partial charge in [-0.2, -0.15) is 0 Å². The molecule has 4 aromatic carbocycles. The van der Waals surface area contributed by atoms with Gasteiger partial charge in [0.05, 0.1) is 72.3 Å². The standard InChI is InChI=1S/C62H78N8O6/c1-7-13-21-35-71-43-29-31-45(73-37-23-15-9-3)51-49(43)57-64-55-41-27-19-20-28-42(41)56(63-55)65-58-50-44(72-36-22-14-8-2)30-32-46(74-38-24-16-10-4)52(50)60(67-58)69-62-54-48(76-40-26-18-12-6)34-33-47(75-39-25-17-11-5)53(54)61(70-62)68-59(51)66-57/h19-20,27-34H,7-18,21-26,35-40H2,1-6H3,(H2,63,64,65,66,67,68,69,70). The zero-order valence-electron chi connectivity index (χ0n) is 45.9. The van der Waals surface area contributed by atoms with Gasteiger partial charge >= 0.3 is 0 Å². The van der Waals surface area contributed by atoms with Crippen molar-refractivity contribution >= 4 is 44.1 Å². The second-order valence-electron chi connectivity index (χ2n) is 19.9. The van der Waals surface area contributed by atoms with Crippen LogP contribution in [0.25, 0.3) is 89.7 Å². The average Bonchev–Trinajstić information content (AvgIpc) is 4.22. The topological polar surface area (TPSA) is 164 Å². The molecule has 2 N–H and O–H groups in total. The van der Waals surface area contributed by atoms with Gasteiger partial charge in [-0.3, -0.25) is 0 Å². The van der Waals surface area contributed by atoms with Gasteiger partial charge in [-0.1, -0.05) is 143 Å². The summed E-state index contributed by atoms with van der Waals surface area (Å²) in [5.74, 6) is 5.75. The van der Waals surface area contributed by atoms with Gasteiger partial charge in [0.15, 0.2) is 23.3 Å². The molecule has 402 valence electrons. The molecule has 0 spiro atoms. The largest absolute Gasteiger partial charge is 0.493 e. The quantitative estimate of drug-likeness (QED) is 0.0410. The van der Waals surface area contributed by atoms with E-state index in [1.807, 2.05) is 60.7 Å². The van der Waals surface area contributed by atoms with Gasteiger partial charge < -0.3 is 38.4 Å². The summed E-state index contributed by atoms with van der Waals surface area (Å²) in [7, 11) is 0. The number of nitrogens with one attached hydrogen (secondary N) is 2. The fraction of sp³-hybridized carbons (Fsp3) is 0.484. The summed E-state index contributed by atoms with van der Waals surface area (Å²) in [6, 6.07) is 20.1. The zero-order valence-corrected chi connectivity index (χ0v) is 45.9. The lowest BCUT2D eigenvalue weighted by Gasteiger charge is -2.15. The van der Waals surface area contributed by atoms with E-state index < -0.39 is 0 Å². The van der Waals surface area contributed by atoms with Crippen LogP contribution < -0.4 is 28.4 Å². The summed E-state index contributed by atoms with van der Waals surface area (Å²) >= 11 is 0. The predicted molar refractivity (Wildman–Crippen MR) is 306 cm³/mol. The van der Waals surface area contributed by atoms with E-state index in [-0.39, 0.29) is 0 Å². The lowest BCUT2D eigenvalue weighted by molar-refractivity contribution is 0.300. The second kappa shape index (κ2) is 26.7. The highest BCUT2D eigenvalue weighted by atomic mass is 16.5. The summed E-state index contributed by atoms with van der Waals surface area (Å²) < 4.78 is 40.3. The molecule has 8 bridgehead atoms. The van der Waals surface area contributed by atoms with Crippen molar-refractivity contribution in [2.45, 2.75) is 157 Å². The van der Waals surface area contributed by atoms with Crippen molar-refractivity contribution in [2.24, 2.45) is 0 Å². The molecule has 76 heavy (non-hydrogen) atoms. The van der Waals surface area contributed by atoms with Crippen LogP contribution in [0.2, 0.25) is 0 Å². The molecule has 5 heterocycles. The van der Waals surface area contributed by atoms with E-state index in [0.717, 1.165) is 148 Å². The van der Waals surface area contributed by atoms with Gasteiger partial charge in [0.2, 0.25) is 0 Å². The molecule has 0 radical (unpaired) electrons. The molecule has 7 aromatic rings. The average molecular weight is 1030 g/mol. The number of aromatic nitrogens is 8. The highest BCUT2D eigenvalue weighted by Gasteiger charge is 2.30. The number of unbranched alkanes of at least 4 members (excludes halogenated alkanes) is 12. The fourth-order valence-electron chi connectivity index (χ4n) is 9.88. The molecule has 2 aliphatic heterocycles.